The van der Waals surface area contributed by atoms with Crippen LogP contribution >= 0.6 is 0 Å². The van der Waals surface area contributed by atoms with Gasteiger partial charge >= 0.3 is 5.97 Å². The van der Waals surface area contributed by atoms with E-state index < -0.39 is 5.97 Å². The molecule has 1 aromatic heterocycles. The zero-order chi connectivity index (χ0) is 22.9. The van der Waals surface area contributed by atoms with Gasteiger partial charge in [0.05, 0.1) is 6.61 Å². The average Bonchev–Trinajstić information content (AvgIpc) is 3.17. The van der Waals surface area contributed by atoms with Crippen LogP contribution in [0.4, 0.5) is 0 Å². The van der Waals surface area contributed by atoms with Crippen molar-refractivity contribution in [1.29, 1.82) is 0 Å². The van der Waals surface area contributed by atoms with Crippen molar-refractivity contribution in [1.82, 2.24) is 4.90 Å². The van der Waals surface area contributed by atoms with E-state index in [9.17, 15) is 9.59 Å². The molecule has 1 aromatic carbocycles. The van der Waals surface area contributed by atoms with Gasteiger partial charge in [-0.15, -0.1) is 0 Å². The summed E-state index contributed by atoms with van der Waals surface area (Å²) in [4.78, 5) is 25.5. The summed E-state index contributed by atoms with van der Waals surface area (Å²) in [5.41, 5.74) is 5.93. The smallest absolute Gasteiger partial charge is 0.325 e. The Morgan fingerprint density at radius 3 is 2.52 bits per heavy atom. The lowest BCUT2D eigenvalue weighted by molar-refractivity contribution is -0.143. The molecular formula is C25H33NO5. The minimum absolute atomic E-state index is 0.110. The van der Waals surface area contributed by atoms with Crippen molar-refractivity contribution < 1.29 is 23.5 Å². The number of fused-ring (bicyclic) bond motifs is 1. The highest BCUT2D eigenvalue weighted by atomic mass is 16.5. The van der Waals surface area contributed by atoms with Crippen molar-refractivity contribution >= 4 is 11.9 Å². The predicted octanol–water partition coefficient (Wildman–Crippen LogP) is 4.53. The standard InChI is InChI=1S/C25H33NO5/c1-8-29-22(27)14-26(7)24(28)21-10-9-18(30-21)13-20-15(2)16(3)23-19(17(20)4)11-12-25(5,6)31-23/h9-10H,8,11-14H2,1-7H3. The van der Waals surface area contributed by atoms with Crippen molar-refractivity contribution in [3.63, 3.8) is 0 Å². The van der Waals surface area contributed by atoms with Gasteiger partial charge < -0.3 is 18.8 Å². The third kappa shape index (κ3) is 4.78. The van der Waals surface area contributed by atoms with Gasteiger partial charge in [0.1, 0.15) is 23.7 Å². The molecule has 0 spiro atoms. The molecule has 6 heteroatoms. The Balaban J connectivity index is 1.82. The Labute approximate surface area is 184 Å². The first-order valence-corrected chi connectivity index (χ1v) is 10.8. The second kappa shape index (κ2) is 8.77. The summed E-state index contributed by atoms with van der Waals surface area (Å²) in [5.74, 6) is 1.18. The number of nitrogens with zero attached hydrogens (tertiary/aromatic N) is 1. The number of hydrogen-bond acceptors (Lipinski definition) is 5. The normalized spacial score (nSPS) is 14.5. The lowest BCUT2D eigenvalue weighted by Crippen LogP contribution is -2.33. The fourth-order valence-corrected chi connectivity index (χ4v) is 4.14. The van der Waals surface area contributed by atoms with Crippen LogP contribution in [0.3, 0.4) is 0 Å². The maximum Gasteiger partial charge on any atom is 0.325 e. The van der Waals surface area contributed by atoms with Crippen molar-refractivity contribution in [2.24, 2.45) is 0 Å². The molecule has 0 saturated heterocycles. The van der Waals surface area contributed by atoms with E-state index in [4.69, 9.17) is 13.9 Å². The number of carbonyl (C=O) groups is 2. The molecule has 0 atom stereocenters. The Bertz CT molecular complexity index is 1000. The van der Waals surface area contributed by atoms with Gasteiger partial charge in [0.2, 0.25) is 0 Å². The van der Waals surface area contributed by atoms with E-state index in [2.05, 4.69) is 34.6 Å². The third-order valence-electron chi connectivity index (χ3n) is 6.13. The number of ether oxygens (including phenoxy) is 2. The SMILES string of the molecule is CCOC(=O)CN(C)C(=O)c1ccc(Cc2c(C)c(C)c3c(c2C)CCC(C)(C)O3)o1. The van der Waals surface area contributed by atoms with Gasteiger partial charge in [0.15, 0.2) is 5.76 Å². The van der Waals surface area contributed by atoms with Crippen LogP contribution in [0.2, 0.25) is 0 Å². The van der Waals surface area contributed by atoms with Gasteiger partial charge in [-0.05, 0) is 94.3 Å². The summed E-state index contributed by atoms with van der Waals surface area (Å²) < 4.78 is 17.1. The van der Waals surface area contributed by atoms with Gasteiger partial charge in [-0.3, -0.25) is 9.59 Å². The van der Waals surface area contributed by atoms with Crippen LogP contribution in [0.15, 0.2) is 16.5 Å². The number of amides is 1. The third-order valence-corrected chi connectivity index (χ3v) is 6.13. The summed E-state index contributed by atoms with van der Waals surface area (Å²) >= 11 is 0. The number of carbonyl (C=O) groups excluding carboxylic acids is 2. The molecule has 0 N–H and O–H groups in total. The van der Waals surface area contributed by atoms with Crippen molar-refractivity contribution in [3.05, 3.63) is 51.5 Å². The monoisotopic (exact) mass is 427 g/mol. The molecule has 0 unspecified atom stereocenters. The Hall–Kier alpha value is -2.76. The van der Waals surface area contributed by atoms with E-state index in [1.807, 2.05) is 6.07 Å². The van der Waals surface area contributed by atoms with Crippen LogP contribution < -0.4 is 4.74 Å². The maximum atomic E-state index is 12.6. The van der Waals surface area contributed by atoms with Crippen molar-refractivity contribution in [2.45, 2.75) is 66.4 Å². The molecule has 0 saturated carbocycles. The first-order chi connectivity index (χ1) is 14.5. The van der Waals surface area contributed by atoms with Crippen LogP contribution in [0.5, 0.6) is 5.75 Å². The minimum atomic E-state index is -0.439. The Morgan fingerprint density at radius 2 is 1.84 bits per heavy atom. The fraction of sp³-hybridized carbons (Fsp3) is 0.520. The van der Waals surface area contributed by atoms with E-state index in [0.29, 0.717) is 6.42 Å². The number of likely N-dealkylation sites (N-methyl/N-ethyl adjacent to an activating group) is 1. The van der Waals surface area contributed by atoms with Crippen LogP contribution in [0, 0.1) is 20.8 Å². The second-order valence-electron chi connectivity index (χ2n) is 8.93. The second-order valence-corrected chi connectivity index (χ2v) is 8.93. The lowest BCUT2D eigenvalue weighted by atomic mass is 9.84. The fourth-order valence-electron chi connectivity index (χ4n) is 4.14. The zero-order valence-corrected chi connectivity index (χ0v) is 19.7. The molecular weight excluding hydrogens is 394 g/mol. The highest BCUT2D eigenvalue weighted by molar-refractivity contribution is 5.93. The molecule has 168 valence electrons. The molecule has 2 aromatic rings. The summed E-state index contributed by atoms with van der Waals surface area (Å²) in [7, 11) is 1.56. The Kier molecular flexibility index (Phi) is 6.48. The molecule has 0 aliphatic carbocycles. The molecule has 3 rings (SSSR count). The highest BCUT2D eigenvalue weighted by Gasteiger charge is 2.31. The highest BCUT2D eigenvalue weighted by Crippen LogP contribution is 2.41. The van der Waals surface area contributed by atoms with E-state index in [1.165, 1.54) is 32.7 Å². The number of hydrogen-bond donors (Lipinski definition) is 0. The predicted molar refractivity (Wildman–Crippen MR) is 119 cm³/mol. The maximum absolute atomic E-state index is 12.6. The molecule has 0 radical (unpaired) electrons. The van der Waals surface area contributed by atoms with Crippen LogP contribution in [0.1, 0.15) is 71.3 Å². The van der Waals surface area contributed by atoms with E-state index in [-0.39, 0.29) is 30.4 Å². The minimum Gasteiger partial charge on any atom is -0.487 e. The molecule has 31 heavy (non-hydrogen) atoms. The molecule has 1 amide bonds. The van der Waals surface area contributed by atoms with Crippen LogP contribution in [-0.2, 0) is 22.4 Å². The number of benzene rings is 1. The number of esters is 1. The zero-order valence-electron chi connectivity index (χ0n) is 19.7. The number of furan rings is 1. The summed E-state index contributed by atoms with van der Waals surface area (Å²) in [6.07, 6.45) is 2.57. The topological polar surface area (TPSA) is 69.0 Å². The van der Waals surface area contributed by atoms with Crippen LogP contribution in [0.25, 0.3) is 0 Å². The summed E-state index contributed by atoms with van der Waals surface area (Å²) in [5, 5.41) is 0. The quantitative estimate of drug-likeness (QED) is 0.634. The molecule has 6 nitrogen and oxygen atoms in total. The largest absolute Gasteiger partial charge is 0.487 e. The molecule has 1 aliphatic rings. The van der Waals surface area contributed by atoms with E-state index >= 15 is 0 Å². The van der Waals surface area contributed by atoms with Crippen molar-refractivity contribution in [3.8, 4) is 5.75 Å². The van der Waals surface area contributed by atoms with Gasteiger partial charge in [-0.25, -0.2) is 0 Å². The lowest BCUT2D eigenvalue weighted by Gasteiger charge is -2.35. The average molecular weight is 428 g/mol. The van der Waals surface area contributed by atoms with Crippen LogP contribution in [-0.4, -0.2) is 42.6 Å². The van der Waals surface area contributed by atoms with Gasteiger partial charge in [0.25, 0.3) is 5.91 Å². The summed E-state index contributed by atoms with van der Waals surface area (Å²) in [6.45, 7) is 12.5. The first kappa shape index (κ1) is 22.9. The van der Waals surface area contributed by atoms with E-state index in [0.717, 1.165) is 24.4 Å². The molecule has 0 bridgehead atoms. The van der Waals surface area contributed by atoms with E-state index in [1.54, 1.807) is 20.0 Å². The van der Waals surface area contributed by atoms with Gasteiger partial charge in [-0.1, -0.05) is 0 Å². The van der Waals surface area contributed by atoms with Crippen molar-refractivity contribution in [2.75, 3.05) is 20.2 Å². The molecule has 1 aliphatic heterocycles. The first-order valence-electron chi connectivity index (χ1n) is 10.8. The molecule has 0 fully saturated rings. The Morgan fingerprint density at radius 1 is 1.13 bits per heavy atom. The van der Waals surface area contributed by atoms with Gasteiger partial charge in [0, 0.05) is 13.5 Å². The summed E-state index contributed by atoms with van der Waals surface area (Å²) in [6, 6.07) is 3.50. The van der Waals surface area contributed by atoms with Gasteiger partial charge in [-0.2, -0.15) is 0 Å². The number of rotatable bonds is 6. The molecule has 2 heterocycles.